The van der Waals surface area contributed by atoms with E-state index in [9.17, 15) is 9.59 Å². The molecule has 0 spiro atoms. The van der Waals surface area contributed by atoms with E-state index in [4.69, 9.17) is 4.74 Å². The van der Waals surface area contributed by atoms with Crippen LogP contribution in [0.25, 0.3) is 0 Å². The number of nitrogens with zero attached hydrogens (tertiary/aromatic N) is 2. The van der Waals surface area contributed by atoms with Crippen LogP contribution in [0.2, 0.25) is 0 Å². The highest BCUT2D eigenvalue weighted by Crippen LogP contribution is 2.36. The highest BCUT2D eigenvalue weighted by Gasteiger charge is 2.47. The second kappa shape index (κ2) is 7.03. The molecule has 1 N–H and O–H groups in total. The number of carbonyl (C=O) groups is 2. The molecule has 130 valence electrons. The summed E-state index contributed by atoms with van der Waals surface area (Å²) in [5.74, 6) is -0.235. The molecule has 1 aliphatic heterocycles. The summed E-state index contributed by atoms with van der Waals surface area (Å²) in [7, 11) is 1.66. The van der Waals surface area contributed by atoms with Crippen LogP contribution in [-0.2, 0) is 15.1 Å². The van der Waals surface area contributed by atoms with Gasteiger partial charge in [-0.05, 0) is 11.6 Å². The van der Waals surface area contributed by atoms with Gasteiger partial charge in [0.25, 0.3) is 5.91 Å². The van der Waals surface area contributed by atoms with Crippen LogP contribution in [0.4, 0.5) is 5.69 Å². The molecule has 2 aromatic rings. The Kier molecular flexibility index (Phi) is 4.81. The zero-order chi connectivity index (χ0) is 17.9. The molecule has 1 aromatic carbocycles. The Balaban J connectivity index is 1.71. The van der Waals surface area contributed by atoms with Crippen LogP contribution in [0.5, 0.6) is 0 Å². The third-order valence-electron chi connectivity index (χ3n) is 4.46. The van der Waals surface area contributed by atoms with Gasteiger partial charge >= 0.3 is 0 Å². The summed E-state index contributed by atoms with van der Waals surface area (Å²) in [5.41, 5.74) is 1.58. The molecule has 2 heterocycles. The SMILES string of the molecule is CCC(=O)Nc1cncc(C(=O)N2CC(OC)(c3ccccc3)C2)c1. The van der Waals surface area contributed by atoms with Gasteiger partial charge in [0.1, 0.15) is 5.60 Å². The van der Waals surface area contributed by atoms with E-state index in [1.54, 1.807) is 25.0 Å². The highest BCUT2D eigenvalue weighted by molar-refractivity contribution is 5.97. The number of aromatic nitrogens is 1. The third kappa shape index (κ3) is 3.39. The Labute approximate surface area is 146 Å². The first-order chi connectivity index (χ1) is 12.1. The van der Waals surface area contributed by atoms with Crippen LogP contribution < -0.4 is 5.32 Å². The van der Waals surface area contributed by atoms with Crippen molar-refractivity contribution in [1.29, 1.82) is 0 Å². The molecule has 6 nitrogen and oxygen atoms in total. The molecule has 0 atom stereocenters. The van der Waals surface area contributed by atoms with Gasteiger partial charge in [0.05, 0.1) is 30.5 Å². The molecule has 0 bridgehead atoms. The van der Waals surface area contributed by atoms with E-state index < -0.39 is 5.60 Å². The van der Waals surface area contributed by atoms with Crippen molar-refractivity contribution in [2.24, 2.45) is 0 Å². The first kappa shape index (κ1) is 17.1. The molecule has 1 aromatic heterocycles. The lowest BCUT2D eigenvalue weighted by Crippen LogP contribution is -2.62. The number of anilines is 1. The van der Waals surface area contributed by atoms with Crippen LogP contribution in [0.1, 0.15) is 29.3 Å². The standard InChI is InChI=1S/C19H21N3O3/c1-3-17(23)21-16-9-14(10-20-11-16)18(24)22-12-19(13-22,25-2)15-7-5-4-6-8-15/h4-11H,3,12-13H2,1-2H3,(H,21,23). The smallest absolute Gasteiger partial charge is 0.255 e. The van der Waals surface area contributed by atoms with Gasteiger partial charge in [-0.2, -0.15) is 0 Å². The summed E-state index contributed by atoms with van der Waals surface area (Å²) in [6.07, 6.45) is 3.42. The van der Waals surface area contributed by atoms with Crippen molar-refractivity contribution < 1.29 is 14.3 Å². The zero-order valence-corrected chi connectivity index (χ0v) is 14.4. The second-order valence-electron chi connectivity index (χ2n) is 6.09. The third-order valence-corrected chi connectivity index (χ3v) is 4.46. The molecule has 0 aliphatic carbocycles. The first-order valence-corrected chi connectivity index (χ1v) is 8.23. The van der Waals surface area contributed by atoms with Gasteiger partial charge in [-0.25, -0.2) is 0 Å². The van der Waals surface area contributed by atoms with Crippen molar-refractivity contribution in [1.82, 2.24) is 9.88 Å². The predicted octanol–water partition coefficient (Wildman–Crippen LogP) is 2.43. The number of likely N-dealkylation sites (tertiary alicyclic amines) is 1. The summed E-state index contributed by atoms with van der Waals surface area (Å²) in [6.45, 7) is 2.74. The number of pyridine rings is 1. The lowest BCUT2D eigenvalue weighted by Gasteiger charge is -2.49. The quantitative estimate of drug-likeness (QED) is 0.908. The van der Waals surface area contributed by atoms with Crippen LogP contribution in [0, 0.1) is 0 Å². The van der Waals surface area contributed by atoms with Crippen LogP contribution in [0.3, 0.4) is 0 Å². The Morgan fingerprint density at radius 1 is 1.24 bits per heavy atom. The van der Waals surface area contributed by atoms with Crippen molar-refractivity contribution in [3.05, 3.63) is 59.9 Å². The summed E-state index contributed by atoms with van der Waals surface area (Å²) in [6, 6.07) is 11.5. The summed E-state index contributed by atoms with van der Waals surface area (Å²) in [4.78, 5) is 30.0. The fourth-order valence-corrected chi connectivity index (χ4v) is 2.94. The molecule has 3 rings (SSSR count). The maximum atomic E-state index is 12.7. The van der Waals surface area contributed by atoms with Gasteiger partial charge in [0.2, 0.25) is 5.91 Å². The Morgan fingerprint density at radius 3 is 2.60 bits per heavy atom. The van der Waals surface area contributed by atoms with Gasteiger partial charge in [0.15, 0.2) is 0 Å². The van der Waals surface area contributed by atoms with Crippen LogP contribution >= 0.6 is 0 Å². The average molecular weight is 339 g/mol. The molecule has 6 heteroatoms. The maximum absolute atomic E-state index is 12.7. The minimum absolute atomic E-state index is 0.113. The van der Waals surface area contributed by atoms with Gasteiger partial charge < -0.3 is 15.0 Å². The number of hydrogen-bond acceptors (Lipinski definition) is 4. The highest BCUT2D eigenvalue weighted by atomic mass is 16.5. The molecule has 1 fully saturated rings. The Hall–Kier alpha value is -2.73. The number of ether oxygens (including phenoxy) is 1. The molecule has 0 saturated carbocycles. The van der Waals surface area contributed by atoms with Crippen molar-refractivity contribution in [3.63, 3.8) is 0 Å². The topological polar surface area (TPSA) is 71.5 Å². The number of rotatable bonds is 5. The van der Waals surface area contributed by atoms with Gasteiger partial charge in [0, 0.05) is 19.7 Å². The number of methoxy groups -OCH3 is 1. The van der Waals surface area contributed by atoms with E-state index >= 15 is 0 Å². The number of hydrogen-bond donors (Lipinski definition) is 1. The monoisotopic (exact) mass is 339 g/mol. The van der Waals surface area contributed by atoms with E-state index in [1.165, 1.54) is 12.4 Å². The summed E-state index contributed by atoms with van der Waals surface area (Å²) in [5, 5.41) is 2.72. The van der Waals surface area contributed by atoms with Crippen LogP contribution in [-0.4, -0.2) is 41.9 Å². The fourth-order valence-electron chi connectivity index (χ4n) is 2.94. The molecule has 1 saturated heterocycles. The molecular weight excluding hydrogens is 318 g/mol. The van der Waals surface area contributed by atoms with E-state index in [2.05, 4.69) is 10.3 Å². The lowest BCUT2D eigenvalue weighted by atomic mass is 9.85. The second-order valence-corrected chi connectivity index (χ2v) is 6.09. The number of amides is 2. The van der Waals surface area contributed by atoms with E-state index in [0.717, 1.165) is 5.56 Å². The molecule has 0 radical (unpaired) electrons. The lowest BCUT2D eigenvalue weighted by molar-refractivity contribution is -0.115. The zero-order valence-electron chi connectivity index (χ0n) is 14.4. The number of carbonyl (C=O) groups excluding carboxylic acids is 2. The first-order valence-electron chi connectivity index (χ1n) is 8.23. The molecule has 0 unspecified atom stereocenters. The van der Waals surface area contributed by atoms with Crippen LogP contribution in [0.15, 0.2) is 48.8 Å². The van der Waals surface area contributed by atoms with Gasteiger partial charge in [-0.3, -0.25) is 14.6 Å². The molecular formula is C19H21N3O3. The predicted molar refractivity (Wildman–Crippen MR) is 94.2 cm³/mol. The number of nitrogens with one attached hydrogen (secondary N) is 1. The maximum Gasteiger partial charge on any atom is 0.255 e. The minimum Gasteiger partial charge on any atom is -0.370 e. The van der Waals surface area contributed by atoms with Crippen molar-refractivity contribution >= 4 is 17.5 Å². The number of benzene rings is 1. The molecule has 2 amide bonds. The van der Waals surface area contributed by atoms with Crippen molar-refractivity contribution in [2.45, 2.75) is 18.9 Å². The van der Waals surface area contributed by atoms with E-state index in [0.29, 0.717) is 30.8 Å². The van der Waals surface area contributed by atoms with Crippen molar-refractivity contribution in [3.8, 4) is 0 Å². The average Bonchev–Trinajstić information content (AvgIpc) is 2.62. The van der Waals surface area contributed by atoms with Gasteiger partial charge in [-0.15, -0.1) is 0 Å². The minimum atomic E-state index is -0.460. The largest absolute Gasteiger partial charge is 0.370 e. The molecule has 1 aliphatic rings. The van der Waals surface area contributed by atoms with E-state index in [-0.39, 0.29) is 11.8 Å². The summed E-state index contributed by atoms with van der Waals surface area (Å²) >= 11 is 0. The Bertz CT molecular complexity index is 770. The van der Waals surface area contributed by atoms with E-state index in [1.807, 2.05) is 30.3 Å². The van der Waals surface area contributed by atoms with Gasteiger partial charge in [-0.1, -0.05) is 37.3 Å². The molecule has 25 heavy (non-hydrogen) atoms. The normalized spacial score (nSPS) is 15.4. The van der Waals surface area contributed by atoms with Crippen molar-refractivity contribution in [2.75, 3.05) is 25.5 Å². The summed E-state index contributed by atoms with van der Waals surface area (Å²) < 4.78 is 5.70. The fraction of sp³-hybridized carbons (Fsp3) is 0.316. The Morgan fingerprint density at radius 2 is 1.96 bits per heavy atom.